The summed E-state index contributed by atoms with van der Waals surface area (Å²) in [5.74, 6) is 2.70. The highest BCUT2D eigenvalue weighted by molar-refractivity contribution is 4.89. The van der Waals surface area contributed by atoms with Crippen molar-refractivity contribution >= 4 is 0 Å². The monoisotopic (exact) mass is 267 g/mol. The van der Waals surface area contributed by atoms with Crippen LogP contribution in [0, 0.1) is 23.2 Å². The van der Waals surface area contributed by atoms with Crippen molar-refractivity contribution < 1.29 is 0 Å². The van der Waals surface area contributed by atoms with Gasteiger partial charge in [0.2, 0.25) is 0 Å². The maximum absolute atomic E-state index is 3.82. The lowest BCUT2D eigenvalue weighted by molar-refractivity contribution is 0.101. The summed E-state index contributed by atoms with van der Waals surface area (Å²) >= 11 is 0. The van der Waals surface area contributed by atoms with Gasteiger partial charge in [0.1, 0.15) is 0 Å². The zero-order valence-electron chi connectivity index (χ0n) is 14.3. The highest BCUT2D eigenvalue weighted by Crippen LogP contribution is 2.42. The Kier molecular flexibility index (Phi) is 6.86. The van der Waals surface area contributed by atoms with Gasteiger partial charge < -0.3 is 5.32 Å². The van der Waals surface area contributed by atoms with Gasteiger partial charge in [0.25, 0.3) is 0 Å². The van der Waals surface area contributed by atoms with Gasteiger partial charge in [-0.3, -0.25) is 0 Å². The number of hydrogen-bond donors (Lipinski definition) is 1. The molecule has 4 unspecified atom stereocenters. The molecule has 0 spiro atoms. The minimum absolute atomic E-state index is 0.490. The maximum atomic E-state index is 3.82. The van der Waals surface area contributed by atoms with Crippen molar-refractivity contribution in [3.8, 4) is 0 Å². The van der Waals surface area contributed by atoms with Crippen LogP contribution in [0.3, 0.4) is 0 Å². The molecule has 1 aliphatic rings. The zero-order chi connectivity index (χ0) is 14.5. The first kappa shape index (κ1) is 17.0. The Morgan fingerprint density at radius 1 is 1.16 bits per heavy atom. The third-order valence-corrected chi connectivity index (χ3v) is 5.27. The Hall–Kier alpha value is -0.0400. The van der Waals surface area contributed by atoms with E-state index >= 15 is 0 Å². The van der Waals surface area contributed by atoms with Crippen LogP contribution in [0.5, 0.6) is 0 Å². The highest BCUT2D eigenvalue weighted by atomic mass is 14.9. The molecule has 0 aromatic rings. The number of hydrogen-bond acceptors (Lipinski definition) is 1. The van der Waals surface area contributed by atoms with Crippen molar-refractivity contribution in [1.29, 1.82) is 0 Å². The van der Waals surface area contributed by atoms with Gasteiger partial charge in [-0.05, 0) is 61.8 Å². The highest BCUT2D eigenvalue weighted by Gasteiger charge is 2.35. The predicted octanol–water partition coefficient (Wildman–Crippen LogP) is 5.25. The first-order valence-electron chi connectivity index (χ1n) is 8.61. The fourth-order valence-electron chi connectivity index (χ4n) is 3.59. The third-order valence-electron chi connectivity index (χ3n) is 5.27. The van der Waals surface area contributed by atoms with E-state index in [1.54, 1.807) is 0 Å². The number of rotatable bonds is 6. The lowest BCUT2D eigenvalue weighted by Crippen LogP contribution is -2.43. The van der Waals surface area contributed by atoms with Crippen LogP contribution in [0.2, 0.25) is 0 Å². The third kappa shape index (κ3) is 5.45. The summed E-state index contributed by atoms with van der Waals surface area (Å²) in [6.07, 6.45) is 8.26. The van der Waals surface area contributed by atoms with Crippen LogP contribution >= 0.6 is 0 Å². The maximum Gasteiger partial charge on any atom is 0.00956 e. The minimum atomic E-state index is 0.490. The zero-order valence-corrected chi connectivity index (χ0v) is 14.3. The SMILES string of the molecule is CCCNC1CCC(C(C)(C)C)CC1CC(C)CC. The molecule has 1 fully saturated rings. The molecule has 1 aliphatic carbocycles. The van der Waals surface area contributed by atoms with Gasteiger partial charge in [0.05, 0.1) is 0 Å². The molecule has 0 saturated heterocycles. The first-order valence-corrected chi connectivity index (χ1v) is 8.61. The van der Waals surface area contributed by atoms with Crippen molar-refractivity contribution in [1.82, 2.24) is 5.32 Å². The lowest BCUT2D eigenvalue weighted by atomic mass is 9.66. The van der Waals surface area contributed by atoms with E-state index in [1.165, 1.54) is 45.1 Å². The van der Waals surface area contributed by atoms with Crippen LogP contribution in [0.25, 0.3) is 0 Å². The van der Waals surface area contributed by atoms with E-state index in [4.69, 9.17) is 0 Å². The summed E-state index contributed by atoms with van der Waals surface area (Å²) in [4.78, 5) is 0. The Bertz CT molecular complexity index is 241. The average Bonchev–Trinajstić information content (AvgIpc) is 2.35. The molecule has 0 aromatic heterocycles. The number of nitrogens with one attached hydrogen (secondary N) is 1. The summed E-state index contributed by atoms with van der Waals surface area (Å²) < 4.78 is 0. The predicted molar refractivity (Wildman–Crippen MR) is 86.4 cm³/mol. The fourth-order valence-corrected chi connectivity index (χ4v) is 3.59. The summed E-state index contributed by atoms with van der Waals surface area (Å²) in [6, 6.07) is 0.785. The average molecular weight is 268 g/mol. The van der Waals surface area contributed by atoms with Crippen LogP contribution in [0.15, 0.2) is 0 Å². The lowest BCUT2D eigenvalue weighted by Gasteiger charge is -2.43. The van der Waals surface area contributed by atoms with Crippen molar-refractivity contribution in [2.45, 2.75) is 86.1 Å². The molecule has 1 N–H and O–H groups in total. The van der Waals surface area contributed by atoms with E-state index < -0.39 is 0 Å². The second-order valence-corrected chi connectivity index (χ2v) is 7.95. The molecule has 1 nitrogen and oxygen atoms in total. The van der Waals surface area contributed by atoms with E-state index in [0.717, 1.165) is 23.8 Å². The quantitative estimate of drug-likeness (QED) is 0.693. The van der Waals surface area contributed by atoms with Crippen LogP contribution < -0.4 is 5.32 Å². The molecular weight excluding hydrogens is 230 g/mol. The van der Waals surface area contributed by atoms with Crippen molar-refractivity contribution in [3.05, 3.63) is 0 Å². The molecule has 0 radical (unpaired) electrons. The molecule has 1 heteroatoms. The molecule has 1 rings (SSSR count). The Labute approximate surface area is 121 Å². The van der Waals surface area contributed by atoms with Crippen molar-refractivity contribution in [2.75, 3.05) is 6.54 Å². The molecule has 19 heavy (non-hydrogen) atoms. The van der Waals surface area contributed by atoms with E-state index in [-0.39, 0.29) is 0 Å². The molecule has 0 amide bonds. The minimum Gasteiger partial charge on any atom is -0.314 e. The van der Waals surface area contributed by atoms with Gasteiger partial charge in [-0.25, -0.2) is 0 Å². The topological polar surface area (TPSA) is 12.0 Å². The van der Waals surface area contributed by atoms with Crippen molar-refractivity contribution in [2.24, 2.45) is 23.2 Å². The molecule has 0 bridgehead atoms. The second-order valence-electron chi connectivity index (χ2n) is 7.95. The molecule has 1 saturated carbocycles. The van der Waals surface area contributed by atoms with E-state index in [9.17, 15) is 0 Å². The molecule has 114 valence electrons. The second kappa shape index (κ2) is 7.67. The molecule has 0 aliphatic heterocycles. The van der Waals surface area contributed by atoms with E-state index in [0.29, 0.717) is 5.41 Å². The molecular formula is C18H37N. The van der Waals surface area contributed by atoms with Gasteiger partial charge in [-0.1, -0.05) is 48.0 Å². The largest absolute Gasteiger partial charge is 0.314 e. The molecule has 0 heterocycles. The van der Waals surface area contributed by atoms with Crippen LogP contribution in [-0.4, -0.2) is 12.6 Å². The first-order chi connectivity index (χ1) is 8.88. The smallest absolute Gasteiger partial charge is 0.00956 e. The normalized spacial score (nSPS) is 30.3. The van der Waals surface area contributed by atoms with Gasteiger partial charge in [0, 0.05) is 6.04 Å². The van der Waals surface area contributed by atoms with E-state index in [2.05, 4.69) is 46.9 Å². The van der Waals surface area contributed by atoms with Gasteiger partial charge in [-0.15, -0.1) is 0 Å². The molecule has 0 aromatic carbocycles. The van der Waals surface area contributed by atoms with E-state index in [1.807, 2.05) is 0 Å². The summed E-state index contributed by atoms with van der Waals surface area (Å²) in [7, 11) is 0. The summed E-state index contributed by atoms with van der Waals surface area (Å²) in [5.41, 5.74) is 0.490. The Morgan fingerprint density at radius 2 is 1.84 bits per heavy atom. The molecule has 4 atom stereocenters. The Balaban J connectivity index is 2.63. The van der Waals surface area contributed by atoms with Crippen LogP contribution in [0.1, 0.15) is 80.1 Å². The summed E-state index contributed by atoms with van der Waals surface area (Å²) in [6.45, 7) is 15.5. The fraction of sp³-hybridized carbons (Fsp3) is 1.00. The van der Waals surface area contributed by atoms with Crippen molar-refractivity contribution in [3.63, 3.8) is 0 Å². The van der Waals surface area contributed by atoms with Crippen LogP contribution in [-0.2, 0) is 0 Å². The van der Waals surface area contributed by atoms with Gasteiger partial charge in [0.15, 0.2) is 0 Å². The standard InChI is InChI=1S/C18H37N/c1-7-11-19-17-10-9-16(18(4,5)6)13-15(17)12-14(3)8-2/h14-17,19H,7-13H2,1-6H3. The Morgan fingerprint density at radius 3 is 2.37 bits per heavy atom. The van der Waals surface area contributed by atoms with Gasteiger partial charge in [-0.2, -0.15) is 0 Å². The summed E-state index contributed by atoms with van der Waals surface area (Å²) in [5, 5.41) is 3.82. The van der Waals surface area contributed by atoms with Crippen LogP contribution in [0.4, 0.5) is 0 Å². The van der Waals surface area contributed by atoms with Gasteiger partial charge >= 0.3 is 0 Å².